The third-order valence-corrected chi connectivity index (χ3v) is 4.62. The molecule has 1 aromatic rings. The Bertz CT molecular complexity index is 669. The molecule has 0 atom stereocenters. The molecular formula is C14H13N3O2S2. The lowest BCUT2D eigenvalue weighted by molar-refractivity contribution is -0.124. The van der Waals surface area contributed by atoms with Crippen LogP contribution in [0.2, 0.25) is 0 Å². The summed E-state index contributed by atoms with van der Waals surface area (Å²) in [7, 11) is 0. The molecule has 108 valence electrons. The molecule has 0 unspecified atom stereocenters. The Morgan fingerprint density at radius 1 is 1.29 bits per heavy atom. The first-order chi connectivity index (χ1) is 10.0. The number of thioether (sulfide) groups is 1. The molecule has 1 saturated heterocycles. The maximum atomic E-state index is 12.6. The van der Waals surface area contributed by atoms with E-state index in [9.17, 15) is 9.59 Å². The molecule has 2 amide bonds. The van der Waals surface area contributed by atoms with Gasteiger partial charge in [0.2, 0.25) is 0 Å². The first-order valence-electron chi connectivity index (χ1n) is 6.52. The highest BCUT2D eigenvalue weighted by Crippen LogP contribution is 2.32. The second-order valence-corrected chi connectivity index (χ2v) is 6.60. The summed E-state index contributed by atoms with van der Waals surface area (Å²) in [6, 6.07) is 7.47. The summed E-state index contributed by atoms with van der Waals surface area (Å²) < 4.78 is 0.390. The second kappa shape index (κ2) is 5.23. The van der Waals surface area contributed by atoms with E-state index < -0.39 is 0 Å². The molecule has 0 aromatic heterocycles. The van der Waals surface area contributed by atoms with E-state index in [4.69, 9.17) is 12.2 Å². The van der Waals surface area contributed by atoms with Crippen LogP contribution in [0.15, 0.2) is 29.4 Å². The number of nitrogens with zero attached hydrogens (tertiary/aromatic N) is 3. The quantitative estimate of drug-likeness (QED) is 0.783. The van der Waals surface area contributed by atoms with Gasteiger partial charge in [-0.25, -0.2) is 0 Å². The largest absolute Gasteiger partial charge is 0.304 e. The molecule has 0 radical (unpaired) electrons. The van der Waals surface area contributed by atoms with Crippen LogP contribution < -0.4 is 4.90 Å². The average Bonchev–Trinajstić information content (AvgIpc) is 2.91. The summed E-state index contributed by atoms with van der Waals surface area (Å²) in [5, 5.41) is 5.40. The zero-order chi connectivity index (χ0) is 15.1. The summed E-state index contributed by atoms with van der Waals surface area (Å²) in [5.41, 5.74) is 1.84. The number of fused-ring (bicyclic) bond motifs is 1. The summed E-state index contributed by atoms with van der Waals surface area (Å²) in [6.45, 7) is 3.89. The van der Waals surface area contributed by atoms with Crippen LogP contribution in [0.25, 0.3) is 0 Å². The molecule has 21 heavy (non-hydrogen) atoms. The van der Waals surface area contributed by atoms with Crippen LogP contribution in [0.5, 0.6) is 0 Å². The van der Waals surface area contributed by atoms with Crippen molar-refractivity contribution in [2.75, 3.05) is 10.7 Å². The van der Waals surface area contributed by atoms with Crippen molar-refractivity contribution in [1.29, 1.82) is 0 Å². The average molecular weight is 319 g/mol. The fourth-order valence-corrected chi connectivity index (χ4v) is 3.33. The van der Waals surface area contributed by atoms with Crippen molar-refractivity contribution in [3.8, 4) is 0 Å². The lowest BCUT2D eigenvalue weighted by Gasteiger charge is -2.21. The topological polar surface area (TPSA) is 53.0 Å². The van der Waals surface area contributed by atoms with Gasteiger partial charge >= 0.3 is 0 Å². The van der Waals surface area contributed by atoms with Crippen LogP contribution in [0.4, 0.5) is 5.69 Å². The zero-order valence-corrected chi connectivity index (χ0v) is 13.2. The summed E-state index contributed by atoms with van der Waals surface area (Å²) >= 11 is 6.37. The number of anilines is 1. The lowest BCUT2D eigenvalue weighted by Crippen LogP contribution is -2.37. The van der Waals surface area contributed by atoms with Gasteiger partial charge in [-0.15, -0.1) is 0 Å². The van der Waals surface area contributed by atoms with E-state index in [-0.39, 0.29) is 29.3 Å². The van der Waals surface area contributed by atoms with Crippen LogP contribution in [0.3, 0.4) is 0 Å². The number of carbonyl (C=O) groups excluding carboxylic acids is 2. The first kappa shape index (κ1) is 14.2. The normalized spacial score (nSPS) is 20.1. The summed E-state index contributed by atoms with van der Waals surface area (Å²) in [5.74, 6) is -0.108. The SMILES string of the molecule is CC(C)N1C(=O)/C(=N\N2C(=O)CSC2=S)c2ccccc21. The van der Waals surface area contributed by atoms with Crippen LogP contribution in [0, 0.1) is 0 Å². The van der Waals surface area contributed by atoms with Crippen molar-refractivity contribution in [3.05, 3.63) is 29.8 Å². The van der Waals surface area contributed by atoms with Gasteiger partial charge in [-0.2, -0.15) is 10.1 Å². The highest BCUT2D eigenvalue weighted by molar-refractivity contribution is 8.23. The Kier molecular flexibility index (Phi) is 3.54. The Hall–Kier alpha value is -1.73. The number of rotatable bonds is 2. The number of hydrogen-bond acceptors (Lipinski definition) is 5. The minimum Gasteiger partial charge on any atom is -0.304 e. The Balaban J connectivity index is 2.09. The van der Waals surface area contributed by atoms with Gasteiger partial charge < -0.3 is 4.90 Å². The molecule has 0 N–H and O–H groups in total. The number of thiocarbonyl (C=S) groups is 1. The van der Waals surface area contributed by atoms with Gasteiger partial charge in [0.1, 0.15) is 0 Å². The number of amides is 2. The van der Waals surface area contributed by atoms with Gasteiger partial charge in [-0.1, -0.05) is 42.2 Å². The molecule has 1 aromatic carbocycles. The molecule has 0 bridgehead atoms. The smallest absolute Gasteiger partial charge is 0.279 e. The zero-order valence-electron chi connectivity index (χ0n) is 11.6. The summed E-state index contributed by atoms with van der Waals surface area (Å²) in [4.78, 5) is 26.1. The number of hydrazone groups is 1. The molecule has 0 aliphatic carbocycles. The van der Waals surface area contributed by atoms with Crippen LogP contribution >= 0.6 is 24.0 Å². The number of carbonyl (C=O) groups is 2. The molecule has 0 spiro atoms. The molecule has 2 aliphatic rings. The third-order valence-electron chi connectivity index (χ3n) is 3.28. The van der Waals surface area contributed by atoms with Gasteiger partial charge in [0.25, 0.3) is 11.8 Å². The van der Waals surface area contributed by atoms with Crippen LogP contribution in [0.1, 0.15) is 19.4 Å². The van der Waals surface area contributed by atoms with E-state index in [0.29, 0.717) is 4.32 Å². The lowest BCUT2D eigenvalue weighted by atomic mass is 10.1. The number of para-hydroxylation sites is 1. The van der Waals surface area contributed by atoms with E-state index >= 15 is 0 Å². The van der Waals surface area contributed by atoms with Crippen molar-refractivity contribution in [2.24, 2.45) is 5.10 Å². The van der Waals surface area contributed by atoms with Gasteiger partial charge in [-0.3, -0.25) is 9.59 Å². The standard InChI is InChI=1S/C14H13N3O2S2/c1-8(2)16-10-6-4-3-5-9(10)12(13(16)19)15-17-11(18)7-21-14(17)20/h3-6,8H,7H2,1-2H3/b15-12-. The predicted molar refractivity (Wildman–Crippen MR) is 87.5 cm³/mol. The fourth-order valence-electron chi connectivity index (χ4n) is 2.38. The molecular weight excluding hydrogens is 306 g/mol. The fraction of sp³-hybridized carbons (Fsp3) is 0.286. The maximum Gasteiger partial charge on any atom is 0.279 e. The molecule has 0 saturated carbocycles. The number of hydrogen-bond donors (Lipinski definition) is 0. The molecule has 3 rings (SSSR count). The third kappa shape index (κ3) is 2.26. The van der Waals surface area contributed by atoms with E-state index in [0.717, 1.165) is 16.3 Å². The van der Waals surface area contributed by atoms with Crippen molar-refractivity contribution < 1.29 is 9.59 Å². The molecule has 5 nitrogen and oxygen atoms in total. The minimum absolute atomic E-state index is 0.0157. The van der Waals surface area contributed by atoms with E-state index in [1.807, 2.05) is 38.1 Å². The highest BCUT2D eigenvalue weighted by atomic mass is 32.2. The van der Waals surface area contributed by atoms with Gasteiger partial charge in [-0.05, 0) is 19.9 Å². The van der Waals surface area contributed by atoms with E-state index in [1.54, 1.807) is 4.90 Å². The predicted octanol–water partition coefficient (Wildman–Crippen LogP) is 2.01. The Morgan fingerprint density at radius 2 is 2.00 bits per heavy atom. The summed E-state index contributed by atoms with van der Waals surface area (Å²) in [6.07, 6.45) is 0. The second-order valence-electron chi connectivity index (χ2n) is 4.99. The molecule has 1 fully saturated rings. The number of benzene rings is 1. The highest BCUT2D eigenvalue weighted by Gasteiger charge is 2.37. The van der Waals surface area contributed by atoms with Crippen molar-refractivity contribution in [3.63, 3.8) is 0 Å². The molecule has 7 heteroatoms. The minimum atomic E-state index is -0.196. The molecule has 2 heterocycles. The van der Waals surface area contributed by atoms with E-state index in [1.165, 1.54) is 11.8 Å². The van der Waals surface area contributed by atoms with Crippen molar-refractivity contribution in [1.82, 2.24) is 5.01 Å². The first-order valence-corrected chi connectivity index (χ1v) is 7.91. The van der Waals surface area contributed by atoms with Gasteiger partial charge in [0.05, 0.1) is 11.4 Å². The van der Waals surface area contributed by atoms with Gasteiger partial charge in [0.15, 0.2) is 10.0 Å². The van der Waals surface area contributed by atoms with Crippen LogP contribution in [-0.2, 0) is 9.59 Å². The monoisotopic (exact) mass is 319 g/mol. The van der Waals surface area contributed by atoms with Gasteiger partial charge in [0, 0.05) is 11.6 Å². The maximum absolute atomic E-state index is 12.6. The van der Waals surface area contributed by atoms with Crippen molar-refractivity contribution >= 4 is 51.5 Å². The van der Waals surface area contributed by atoms with Crippen molar-refractivity contribution in [2.45, 2.75) is 19.9 Å². The Labute approximate surface area is 132 Å². The molecule has 2 aliphatic heterocycles. The van der Waals surface area contributed by atoms with Crippen LogP contribution in [-0.4, -0.2) is 38.7 Å². The Morgan fingerprint density at radius 3 is 2.62 bits per heavy atom. The van der Waals surface area contributed by atoms with E-state index in [2.05, 4.69) is 5.10 Å².